The van der Waals surface area contributed by atoms with Crippen LogP contribution < -0.4 is 5.32 Å². The van der Waals surface area contributed by atoms with Crippen molar-refractivity contribution >= 4 is 28.8 Å². The molecule has 1 aliphatic rings. The lowest BCUT2D eigenvalue weighted by molar-refractivity contribution is -0.128. The Morgan fingerprint density at radius 1 is 1.33 bits per heavy atom. The third-order valence-corrected chi connectivity index (χ3v) is 4.14. The summed E-state index contributed by atoms with van der Waals surface area (Å²) in [4.78, 5) is 33.5. The number of aromatic amines is 1. The van der Waals surface area contributed by atoms with Crippen LogP contribution in [0.3, 0.4) is 0 Å². The second-order valence-corrected chi connectivity index (χ2v) is 5.85. The highest BCUT2D eigenvalue weighted by molar-refractivity contribution is 5.97. The first-order chi connectivity index (χ1) is 11.7. The summed E-state index contributed by atoms with van der Waals surface area (Å²) in [6, 6.07) is 11.1. The lowest BCUT2D eigenvalue weighted by Crippen LogP contribution is -2.28. The molecule has 0 radical (unpaired) electrons. The van der Waals surface area contributed by atoms with Gasteiger partial charge in [0.05, 0.1) is 29.8 Å². The molecule has 4 rings (SSSR count). The standard InChI is InChI=1S/C17H16N4O3/c22-15-8-11(9-21(15)10-12-4-3-7-24-12)16(23)20-17-18-13-5-1-2-6-14(13)19-17/h1-7,11H,8-10H2,(H2,18,19,20,23)/t11-/m0/s1. The number of hydrogen-bond acceptors (Lipinski definition) is 4. The number of likely N-dealkylation sites (tertiary alicyclic amines) is 1. The Labute approximate surface area is 137 Å². The number of para-hydroxylation sites is 2. The highest BCUT2D eigenvalue weighted by Crippen LogP contribution is 2.22. The molecule has 1 fully saturated rings. The van der Waals surface area contributed by atoms with Gasteiger partial charge in [-0.15, -0.1) is 0 Å². The Morgan fingerprint density at radius 3 is 3.00 bits per heavy atom. The van der Waals surface area contributed by atoms with E-state index in [4.69, 9.17) is 4.42 Å². The van der Waals surface area contributed by atoms with E-state index >= 15 is 0 Å². The van der Waals surface area contributed by atoms with Crippen molar-refractivity contribution in [2.75, 3.05) is 11.9 Å². The SMILES string of the molecule is O=C(Nc1nc2ccccc2[nH]1)[C@H]1CC(=O)N(Cc2ccco2)C1. The number of nitrogens with zero attached hydrogens (tertiary/aromatic N) is 2. The van der Waals surface area contributed by atoms with Crippen LogP contribution in [0.4, 0.5) is 5.95 Å². The van der Waals surface area contributed by atoms with Crippen molar-refractivity contribution in [1.82, 2.24) is 14.9 Å². The number of H-pyrrole nitrogens is 1. The van der Waals surface area contributed by atoms with E-state index in [-0.39, 0.29) is 24.2 Å². The molecule has 2 N–H and O–H groups in total. The Kier molecular flexibility index (Phi) is 3.53. The summed E-state index contributed by atoms with van der Waals surface area (Å²) in [5.41, 5.74) is 1.64. The van der Waals surface area contributed by atoms with Crippen LogP contribution in [-0.4, -0.2) is 33.2 Å². The summed E-state index contributed by atoms with van der Waals surface area (Å²) < 4.78 is 5.26. The molecule has 1 saturated heterocycles. The molecule has 122 valence electrons. The molecule has 1 atom stereocenters. The minimum Gasteiger partial charge on any atom is -0.467 e. The van der Waals surface area contributed by atoms with E-state index in [2.05, 4.69) is 15.3 Å². The Balaban J connectivity index is 1.42. The van der Waals surface area contributed by atoms with Gasteiger partial charge in [0, 0.05) is 13.0 Å². The first-order valence-electron chi connectivity index (χ1n) is 7.75. The quantitative estimate of drug-likeness (QED) is 0.769. The van der Waals surface area contributed by atoms with E-state index < -0.39 is 0 Å². The Bertz CT molecular complexity index is 851. The van der Waals surface area contributed by atoms with Gasteiger partial charge in [-0.2, -0.15) is 0 Å². The minimum atomic E-state index is -0.388. The number of anilines is 1. The molecule has 2 aromatic heterocycles. The van der Waals surface area contributed by atoms with Gasteiger partial charge >= 0.3 is 0 Å². The number of carbonyl (C=O) groups is 2. The van der Waals surface area contributed by atoms with Crippen LogP contribution in [-0.2, 0) is 16.1 Å². The van der Waals surface area contributed by atoms with Crippen LogP contribution in [0.2, 0.25) is 0 Å². The van der Waals surface area contributed by atoms with Gasteiger partial charge < -0.3 is 14.3 Å². The fourth-order valence-electron chi connectivity index (χ4n) is 2.92. The number of hydrogen-bond donors (Lipinski definition) is 2. The number of amides is 2. The number of benzene rings is 1. The molecule has 0 bridgehead atoms. The number of imidazole rings is 1. The number of rotatable bonds is 4. The molecule has 0 aliphatic carbocycles. The van der Waals surface area contributed by atoms with Gasteiger partial charge in [-0.1, -0.05) is 12.1 Å². The normalized spacial score (nSPS) is 17.6. The summed E-state index contributed by atoms with van der Waals surface area (Å²) in [5, 5.41) is 2.77. The topological polar surface area (TPSA) is 91.2 Å². The van der Waals surface area contributed by atoms with Crippen molar-refractivity contribution < 1.29 is 14.0 Å². The average Bonchev–Trinajstić information content (AvgIpc) is 3.28. The molecular formula is C17H16N4O3. The summed E-state index contributed by atoms with van der Waals surface area (Å²) in [7, 11) is 0. The third-order valence-electron chi connectivity index (χ3n) is 4.14. The van der Waals surface area contributed by atoms with Crippen LogP contribution in [0.15, 0.2) is 47.1 Å². The van der Waals surface area contributed by atoms with E-state index in [1.54, 1.807) is 17.2 Å². The Hall–Kier alpha value is -3.09. The van der Waals surface area contributed by atoms with Crippen molar-refractivity contribution in [1.29, 1.82) is 0 Å². The zero-order valence-electron chi connectivity index (χ0n) is 12.9. The minimum absolute atomic E-state index is 0.0452. The van der Waals surface area contributed by atoms with Crippen molar-refractivity contribution in [2.45, 2.75) is 13.0 Å². The summed E-state index contributed by atoms with van der Waals surface area (Å²) in [5.74, 6) is 0.473. The molecule has 0 saturated carbocycles. The maximum Gasteiger partial charge on any atom is 0.232 e. The monoisotopic (exact) mass is 324 g/mol. The first-order valence-corrected chi connectivity index (χ1v) is 7.75. The summed E-state index contributed by atoms with van der Waals surface area (Å²) >= 11 is 0. The number of furan rings is 1. The molecule has 1 aromatic carbocycles. The van der Waals surface area contributed by atoms with Crippen molar-refractivity contribution in [3.63, 3.8) is 0 Å². The lowest BCUT2D eigenvalue weighted by Gasteiger charge is -2.14. The summed E-state index contributed by atoms with van der Waals surface area (Å²) in [6.07, 6.45) is 1.77. The molecule has 2 amide bonds. The lowest BCUT2D eigenvalue weighted by atomic mass is 10.1. The van der Waals surface area contributed by atoms with E-state index in [9.17, 15) is 9.59 Å². The second kappa shape index (κ2) is 5.84. The molecule has 3 aromatic rings. The van der Waals surface area contributed by atoms with Gasteiger partial charge in [-0.05, 0) is 24.3 Å². The van der Waals surface area contributed by atoms with Crippen LogP contribution >= 0.6 is 0 Å². The number of aromatic nitrogens is 2. The molecule has 7 heteroatoms. The maximum absolute atomic E-state index is 12.4. The molecule has 7 nitrogen and oxygen atoms in total. The summed E-state index contributed by atoms with van der Waals surface area (Å²) in [6.45, 7) is 0.770. The van der Waals surface area contributed by atoms with Gasteiger partial charge in [0.15, 0.2) is 0 Å². The van der Waals surface area contributed by atoms with Crippen LogP contribution in [0.5, 0.6) is 0 Å². The van der Waals surface area contributed by atoms with Crippen LogP contribution in [0.25, 0.3) is 11.0 Å². The predicted octanol–water partition coefficient (Wildman–Crippen LogP) is 2.14. The van der Waals surface area contributed by atoms with Crippen molar-refractivity contribution in [3.05, 3.63) is 48.4 Å². The largest absolute Gasteiger partial charge is 0.467 e. The molecule has 3 heterocycles. The number of carbonyl (C=O) groups excluding carboxylic acids is 2. The first kappa shape index (κ1) is 14.5. The van der Waals surface area contributed by atoms with E-state index in [1.165, 1.54) is 0 Å². The zero-order chi connectivity index (χ0) is 16.5. The van der Waals surface area contributed by atoms with Gasteiger partial charge in [-0.3, -0.25) is 14.9 Å². The third kappa shape index (κ3) is 2.76. The number of nitrogens with one attached hydrogen (secondary N) is 2. The average molecular weight is 324 g/mol. The van der Waals surface area contributed by atoms with Crippen LogP contribution in [0.1, 0.15) is 12.2 Å². The highest BCUT2D eigenvalue weighted by Gasteiger charge is 2.34. The van der Waals surface area contributed by atoms with Gasteiger partial charge in [0.2, 0.25) is 17.8 Å². The molecule has 24 heavy (non-hydrogen) atoms. The fraction of sp³-hybridized carbons (Fsp3) is 0.235. The predicted molar refractivity (Wildman–Crippen MR) is 87.0 cm³/mol. The van der Waals surface area contributed by atoms with Crippen molar-refractivity contribution in [3.8, 4) is 0 Å². The van der Waals surface area contributed by atoms with Gasteiger partial charge in [0.1, 0.15) is 5.76 Å². The van der Waals surface area contributed by atoms with E-state index in [0.29, 0.717) is 24.8 Å². The number of fused-ring (bicyclic) bond motifs is 1. The van der Waals surface area contributed by atoms with E-state index in [0.717, 1.165) is 11.0 Å². The molecular weight excluding hydrogens is 308 g/mol. The van der Waals surface area contributed by atoms with Crippen LogP contribution in [0, 0.1) is 5.92 Å². The van der Waals surface area contributed by atoms with Crippen molar-refractivity contribution in [2.24, 2.45) is 5.92 Å². The highest BCUT2D eigenvalue weighted by atomic mass is 16.3. The zero-order valence-corrected chi connectivity index (χ0v) is 12.9. The Morgan fingerprint density at radius 2 is 2.21 bits per heavy atom. The maximum atomic E-state index is 12.4. The van der Waals surface area contributed by atoms with E-state index in [1.807, 2.05) is 30.3 Å². The molecule has 1 aliphatic heterocycles. The molecule has 0 spiro atoms. The second-order valence-electron chi connectivity index (χ2n) is 5.85. The fourth-order valence-corrected chi connectivity index (χ4v) is 2.92. The molecule has 0 unspecified atom stereocenters. The van der Waals surface area contributed by atoms with Gasteiger partial charge in [-0.25, -0.2) is 4.98 Å². The smallest absolute Gasteiger partial charge is 0.232 e. The van der Waals surface area contributed by atoms with Gasteiger partial charge in [0.25, 0.3) is 0 Å².